The predicted octanol–water partition coefficient (Wildman–Crippen LogP) is 16.2. The largest absolute Gasteiger partial charge is 0.455 e. The van der Waals surface area contributed by atoms with E-state index in [1.165, 1.54) is 59.1 Å². The molecular weight excluding hydrogens is 723 g/mol. The third kappa shape index (κ3) is 4.77. The molecule has 11 aromatic rings. The molecule has 3 heteroatoms. The molecule has 9 aromatic carbocycles. The molecule has 12 rings (SSSR count). The van der Waals surface area contributed by atoms with E-state index in [0.29, 0.717) is 0 Å². The number of fused-ring (bicyclic) bond motifs is 11. The van der Waals surface area contributed by atoms with Crippen molar-refractivity contribution in [3.63, 3.8) is 0 Å². The van der Waals surface area contributed by atoms with Crippen molar-refractivity contribution in [3.05, 3.63) is 199 Å². The zero-order valence-corrected chi connectivity index (χ0v) is 33.0. The molecule has 0 N–H and O–H groups in total. The second-order valence-electron chi connectivity index (χ2n) is 16.0. The van der Waals surface area contributed by atoms with Crippen LogP contribution in [0.5, 0.6) is 0 Å². The number of benzene rings is 9. The minimum atomic E-state index is -0.163. The maximum Gasteiger partial charge on any atom is 0.145 e. The molecule has 2 aromatic heterocycles. The summed E-state index contributed by atoms with van der Waals surface area (Å²) in [5.41, 5.74) is 15.0. The van der Waals surface area contributed by atoms with Gasteiger partial charge in [0.05, 0.1) is 11.1 Å². The van der Waals surface area contributed by atoms with Crippen LogP contribution < -0.4 is 4.90 Å². The van der Waals surface area contributed by atoms with Crippen LogP contribution in [-0.2, 0) is 5.41 Å². The maximum absolute atomic E-state index is 6.89. The highest BCUT2D eigenvalue weighted by Gasteiger charge is 2.36. The topological polar surface area (TPSA) is 16.4 Å². The first kappa shape index (κ1) is 33.2. The normalized spacial score (nSPS) is 13.1. The van der Waals surface area contributed by atoms with Crippen LogP contribution in [0.15, 0.2) is 192 Å². The van der Waals surface area contributed by atoms with Crippen molar-refractivity contribution in [1.82, 2.24) is 0 Å². The summed E-state index contributed by atoms with van der Waals surface area (Å²) in [4.78, 5) is 2.50. The summed E-state index contributed by atoms with van der Waals surface area (Å²) >= 11 is 1.88. The fourth-order valence-electron chi connectivity index (χ4n) is 9.75. The van der Waals surface area contributed by atoms with Gasteiger partial charge < -0.3 is 9.32 Å². The Balaban J connectivity index is 1.17. The molecule has 0 amide bonds. The highest BCUT2D eigenvalue weighted by molar-refractivity contribution is 7.26. The van der Waals surface area contributed by atoms with Crippen molar-refractivity contribution in [3.8, 4) is 33.4 Å². The van der Waals surface area contributed by atoms with Gasteiger partial charge in [0.1, 0.15) is 11.2 Å². The zero-order valence-electron chi connectivity index (χ0n) is 32.2. The lowest BCUT2D eigenvalue weighted by atomic mass is 9.82. The van der Waals surface area contributed by atoms with E-state index >= 15 is 0 Å². The zero-order chi connectivity index (χ0) is 38.5. The van der Waals surface area contributed by atoms with E-state index in [9.17, 15) is 0 Å². The Bertz CT molecular complexity index is 3420. The fraction of sp³-hybridized carbons (Fsp3) is 0.0545. The lowest BCUT2D eigenvalue weighted by Gasteiger charge is -2.31. The first-order valence-electron chi connectivity index (χ1n) is 20.0. The quantitative estimate of drug-likeness (QED) is 0.174. The molecule has 0 unspecified atom stereocenters. The van der Waals surface area contributed by atoms with Gasteiger partial charge in [-0.3, -0.25) is 0 Å². The van der Waals surface area contributed by atoms with Crippen LogP contribution in [-0.4, -0.2) is 0 Å². The fourth-order valence-corrected chi connectivity index (χ4v) is 11.0. The van der Waals surface area contributed by atoms with Crippen molar-refractivity contribution in [2.45, 2.75) is 19.3 Å². The second kappa shape index (κ2) is 12.5. The van der Waals surface area contributed by atoms with Gasteiger partial charge in [-0.1, -0.05) is 166 Å². The smallest absolute Gasteiger partial charge is 0.145 e. The summed E-state index contributed by atoms with van der Waals surface area (Å²) in [7, 11) is 0. The SMILES string of the molecule is CC1(C)c2ccccc2-c2ccc(N(c3ccc(-c4cccc5c4sc4ccccc45)cc3)c3c(-c4ccccc4)c4ccccc4c4oc5ccccc5c34)cc21. The van der Waals surface area contributed by atoms with Gasteiger partial charge in [-0.2, -0.15) is 0 Å². The number of furan rings is 1. The lowest BCUT2D eigenvalue weighted by molar-refractivity contribution is 0.660. The molecule has 0 radical (unpaired) electrons. The van der Waals surface area contributed by atoms with Crippen LogP contribution in [0.25, 0.3) is 86.3 Å². The minimum absolute atomic E-state index is 0.163. The standard InChI is InChI=1S/C55H37NOS/c1-55(2)46-24-11-8-17-39(46)40-32-31-37(33-47(40)55)56(36-29-27-34(28-30-36)38-22-14-23-44-41-18-10-13-26-49(41)58-54(38)44)52-50(35-15-4-3-5-16-35)42-19-6-7-20-43(42)53-51(52)45-21-9-12-25-48(45)57-53/h3-33H,1-2H3. The minimum Gasteiger partial charge on any atom is -0.455 e. The van der Waals surface area contributed by atoms with Crippen molar-refractivity contribution in [1.29, 1.82) is 0 Å². The third-order valence-corrected chi connectivity index (χ3v) is 13.7. The van der Waals surface area contributed by atoms with E-state index in [1.54, 1.807) is 0 Å². The van der Waals surface area contributed by atoms with E-state index < -0.39 is 0 Å². The van der Waals surface area contributed by atoms with Crippen LogP contribution >= 0.6 is 11.3 Å². The summed E-state index contributed by atoms with van der Waals surface area (Å²) in [5.74, 6) is 0. The van der Waals surface area contributed by atoms with Crippen molar-refractivity contribution < 1.29 is 4.42 Å². The number of thiophene rings is 1. The number of nitrogens with zero attached hydrogens (tertiary/aromatic N) is 1. The molecule has 0 atom stereocenters. The van der Waals surface area contributed by atoms with Gasteiger partial charge >= 0.3 is 0 Å². The predicted molar refractivity (Wildman–Crippen MR) is 247 cm³/mol. The van der Waals surface area contributed by atoms with E-state index in [4.69, 9.17) is 4.42 Å². The van der Waals surface area contributed by atoms with E-state index in [0.717, 1.165) is 55.3 Å². The molecule has 2 heterocycles. The Labute approximate surface area is 340 Å². The number of hydrogen-bond acceptors (Lipinski definition) is 3. The van der Waals surface area contributed by atoms with Crippen LogP contribution in [0.2, 0.25) is 0 Å². The second-order valence-corrected chi connectivity index (χ2v) is 17.1. The summed E-state index contributed by atoms with van der Waals surface area (Å²) in [6.07, 6.45) is 0. The highest BCUT2D eigenvalue weighted by Crippen LogP contribution is 2.55. The van der Waals surface area contributed by atoms with Gasteiger partial charge in [0.25, 0.3) is 0 Å². The van der Waals surface area contributed by atoms with Gasteiger partial charge in [-0.15, -0.1) is 11.3 Å². The number of anilines is 3. The highest BCUT2D eigenvalue weighted by atomic mass is 32.1. The van der Waals surface area contributed by atoms with E-state index in [2.05, 4.69) is 207 Å². The first-order valence-corrected chi connectivity index (χ1v) is 20.8. The van der Waals surface area contributed by atoms with Crippen molar-refractivity contribution >= 4 is 81.3 Å². The van der Waals surface area contributed by atoms with Gasteiger partial charge in [0.2, 0.25) is 0 Å². The Morgan fingerprint density at radius 2 is 1.10 bits per heavy atom. The molecule has 0 aliphatic heterocycles. The molecule has 0 bridgehead atoms. The van der Waals surface area contributed by atoms with Gasteiger partial charge in [-0.05, 0) is 80.7 Å². The van der Waals surface area contributed by atoms with Gasteiger partial charge in [0.15, 0.2) is 0 Å². The molecule has 0 saturated carbocycles. The molecule has 1 aliphatic carbocycles. The average Bonchev–Trinajstić information content (AvgIpc) is 3.93. The Morgan fingerprint density at radius 1 is 0.466 bits per heavy atom. The maximum atomic E-state index is 6.89. The summed E-state index contributed by atoms with van der Waals surface area (Å²) in [6.45, 7) is 4.73. The Kier molecular flexibility index (Phi) is 7.18. The Hall–Kier alpha value is -6.94. The van der Waals surface area contributed by atoms with Gasteiger partial charge in [0, 0.05) is 53.3 Å². The molecule has 0 spiro atoms. The van der Waals surface area contributed by atoms with Gasteiger partial charge in [-0.25, -0.2) is 0 Å². The molecule has 2 nitrogen and oxygen atoms in total. The molecular formula is C55H37NOS. The third-order valence-electron chi connectivity index (χ3n) is 12.5. The van der Waals surface area contributed by atoms with E-state index in [1.807, 2.05) is 11.3 Å². The van der Waals surface area contributed by atoms with Crippen LogP contribution in [0.1, 0.15) is 25.0 Å². The molecule has 58 heavy (non-hydrogen) atoms. The number of rotatable bonds is 5. The average molecular weight is 760 g/mol. The summed E-state index contributed by atoms with van der Waals surface area (Å²) in [6, 6.07) is 68.8. The van der Waals surface area contributed by atoms with Crippen LogP contribution in [0, 0.1) is 0 Å². The summed E-state index contributed by atoms with van der Waals surface area (Å²) < 4.78 is 9.52. The van der Waals surface area contributed by atoms with Crippen molar-refractivity contribution in [2.75, 3.05) is 4.90 Å². The molecule has 274 valence electrons. The van der Waals surface area contributed by atoms with Crippen molar-refractivity contribution in [2.24, 2.45) is 0 Å². The number of para-hydroxylation sites is 1. The monoisotopic (exact) mass is 759 g/mol. The number of hydrogen-bond donors (Lipinski definition) is 0. The lowest BCUT2D eigenvalue weighted by Crippen LogP contribution is -2.17. The van der Waals surface area contributed by atoms with Crippen LogP contribution in [0.4, 0.5) is 17.1 Å². The molecule has 0 saturated heterocycles. The molecule has 1 aliphatic rings. The van der Waals surface area contributed by atoms with Crippen LogP contribution in [0.3, 0.4) is 0 Å². The first-order chi connectivity index (χ1) is 28.5. The Morgan fingerprint density at radius 3 is 1.95 bits per heavy atom. The molecule has 0 fully saturated rings. The summed E-state index contributed by atoms with van der Waals surface area (Å²) in [5, 5.41) is 7.09. The van der Waals surface area contributed by atoms with E-state index in [-0.39, 0.29) is 5.41 Å².